The van der Waals surface area contributed by atoms with Crippen LogP contribution in [-0.2, 0) is 4.79 Å². The highest BCUT2D eigenvalue weighted by molar-refractivity contribution is 6.07. The van der Waals surface area contributed by atoms with Crippen molar-refractivity contribution in [2.75, 3.05) is 7.05 Å². The van der Waals surface area contributed by atoms with Gasteiger partial charge < -0.3 is 16.0 Å². The van der Waals surface area contributed by atoms with E-state index in [0.717, 1.165) is 63.7 Å². The maximum Gasteiger partial charge on any atom is 0.315 e. The van der Waals surface area contributed by atoms with Crippen LogP contribution in [-0.4, -0.2) is 47.5 Å². The molecule has 4 N–H and O–H groups in total. The van der Waals surface area contributed by atoms with Gasteiger partial charge in [-0.25, -0.2) is 4.79 Å². The van der Waals surface area contributed by atoms with Crippen LogP contribution < -0.4 is 16.0 Å². The Morgan fingerprint density at radius 3 is 2.21 bits per heavy atom. The average molecular weight is 460 g/mol. The van der Waals surface area contributed by atoms with Gasteiger partial charge in [-0.15, -0.1) is 0 Å². The average Bonchev–Trinajstić information content (AvgIpc) is 3.03. The Hall–Kier alpha value is -1.79. The molecule has 186 valence electrons. The quantitative estimate of drug-likeness (QED) is 0.446. The molecule has 3 aliphatic carbocycles. The number of nitrogens with one attached hydrogen (secondary N) is 4. The fourth-order valence-electron chi connectivity index (χ4n) is 6.88. The first-order chi connectivity index (χ1) is 15.9. The van der Waals surface area contributed by atoms with Crippen molar-refractivity contribution in [1.82, 2.24) is 20.9 Å². The number of rotatable bonds is 7. The van der Waals surface area contributed by atoms with E-state index in [0.29, 0.717) is 12.0 Å². The molecule has 3 saturated carbocycles. The molecular weight excluding hydrogens is 414 g/mol. The van der Waals surface area contributed by atoms with Gasteiger partial charge in [0, 0.05) is 19.1 Å². The van der Waals surface area contributed by atoms with Crippen LogP contribution in [0, 0.1) is 17.2 Å². The Bertz CT molecular complexity index is 701. The molecule has 0 aromatic rings. The molecule has 7 heteroatoms. The lowest BCUT2D eigenvalue weighted by molar-refractivity contribution is -0.131. The van der Waals surface area contributed by atoms with Gasteiger partial charge >= 0.3 is 6.03 Å². The van der Waals surface area contributed by atoms with E-state index in [9.17, 15) is 9.59 Å². The zero-order valence-corrected chi connectivity index (χ0v) is 20.6. The van der Waals surface area contributed by atoms with Crippen molar-refractivity contribution in [3.63, 3.8) is 0 Å². The number of carbonyl (C=O) groups is 2. The molecule has 4 rings (SSSR count). The minimum Gasteiger partial charge on any atom is -0.342 e. The number of hydrogen-bond donors (Lipinski definition) is 4. The predicted octanol–water partition coefficient (Wildman–Crippen LogP) is 4.66. The molecule has 33 heavy (non-hydrogen) atoms. The number of likely N-dealkylation sites (N-methyl/N-ethyl adjacent to an activating group) is 1. The summed E-state index contributed by atoms with van der Waals surface area (Å²) in [4.78, 5) is 27.4. The van der Waals surface area contributed by atoms with E-state index in [1.54, 1.807) is 7.05 Å². The molecular formula is C26H45N5O2. The molecule has 1 aliphatic heterocycles. The summed E-state index contributed by atoms with van der Waals surface area (Å²) in [5, 5.41) is 18.0. The molecule has 4 fully saturated rings. The van der Waals surface area contributed by atoms with E-state index in [4.69, 9.17) is 5.41 Å². The van der Waals surface area contributed by atoms with Gasteiger partial charge in [-0.1, -0.05) is 64.2 Å². The smallest absolute Gasteiger partial charge is 0.315 e. The molecule has 1 heterocycles. The third-order valence-corrected chi connectivity index (χ3v) is 8.81. The van der Waals surface area contributed by atoms with Gasteiger partial charge in [-0.3, -0.25) is 15.1 Å². The number of hydrogen-bond acceptors (Lipinski definition) is 3. The number of amides is 3. The van der Waals surface area contributed by atoms with E-state index < -0.39 is 5.54 Å². The Morgan fingerprint density at radius 2 is 1.55 bits per heavy atom. The molecule has 1 saturated heterocycles. The second-order valence-corrected chi connectivity index (χ2v) is 11.3. The largest absolute Gasteiger partial charge is 0.342 e. The topological polar surface area (TPSA) is 97.3 Å². The van der Waals surface area contributed by atoms with Crippen molar-refractivity contribution in [3.8, 4) is 0 Å². The van der Waals surface area contributed by atoms with Crippen LogP contribution in [0.2, 0.25) is 0 Å². The van der Waals surface area contributed by atoms with Crippen LogP contribution in [0.3, 0.4) is 0 Å². The zero-order chi connectivity index (χ0) is 23.3. The SMILES string of the molecule is CN1C(=N)N[C@](CCC2CCCCC2)(C[C@H]2CCC[C@@H](NC(=O)NC3CCCCC3)C2)C1=O. The first-order valence-corrected chi connectivity index (χ1v) is 13.7. The molecule has 3 amide bonds. The highest BCUT2D eigenvalue weighted by atomic mass is 16.2. The van der Waals surface area contributed by atoms with Gasteiger partial charge in [0.2, 0.25) is 0 Å². The van der Waals surface area contributed by atoms with Gasteiger partial charge in [0.05, 0.1) is 0 Å². The first kappa shape index (κ1) is 24.3. The highest BCUT2D eigenvalue weighted by Crippen LogP contribution is 2.38. The monoisotopic (exact) mass is 459 g/mol. The molecule has 0 aromatic carbocycles. The maximum absolute atomic E-state index is 13.3. The van der Waals surface area contributed by atoms with Crippen LogP contribution in [0.15, 0.2) is 0 Å². The van der Waals surface area contributed by atoms with Crippen molar-refractivity contribution < 1.29 is 9.59 Å². The zero-order valence-electron chi connectivity index (χ0n) is 20.6. The molecule has 0 bridgehead atoms. The Balaban J connectivity index is 1.33. The third kappa shape index (κ3) is 6.21. The summed E-state index contributed by atoms with van der Waals surface area (Å²) in [6, 6.07) is 0.482. The Morgan fingerprint density at radius 1 is 0.939 bits per heavy atom. The number of urea groups is 1. The Labute approximate surface area is 199 Å². The summed E-state index contributed by atoms with van der Waals surface area (Å²) >= 11 is 0. The molecule has 0 aromatic heterocycles. The van der Waals surface area contributed by atoms with E-state index in [2.05, 4.69) is 16.0 Å². The van der Waals surface area contributed by atoms with Crippen LogP contribution in [0.1, 0.15) is 109 Å². The summed E-state index contributed by atoms with van der Waals surface area (Å²) in [7, 11) is 1.72. The summed E-state index contributed by atoms with van der Waals surface area (Å²) in [6.45, 7) is 0. The first-order valence-electron chi connectivity index (χ1n) is 13.7. The van der Waals surface area contributed by atoms with E-state index in [1.165, 1.54) is 56.3 Å². The van der Waals surface area contributed by atoms with Crippen LogP contribution in [0.5, 0.6) is 0 Å². The van der Waals surface area contributed by atoms with Crippen molar-refractivity contribution >= 4 is 17.9 Å². The lowest BCUT2D eigenvalue weighted by Gasteiger charge is -2.37. The normalized spacial score (nSPS) is 32.0. The van der Waals surface area contributed by atoms with Gasteiger partial charge in [-0.2, -0.15) is 0 Å². The summed E-state index contributed by atoms with van der Waals surface area (Å²) < 4.78 is 0. The number of nitrogens with zero attached hydrogens (tertiary/aromatic N) is 1. The van der Waals surface area contributed by atoms with Crippen LogP contribution in [0.4, 0.5) is 4.79 Å². The molecule has 0 spiro atoms. The van der Waals surface area contributed by atoms with Crippen molar-refractivity contribution in [3.05, 3.63) is 0 Å². The fourth-order valence-corrected chi connectivity index (χ4v) is 6.88. The molecule has 4 aliphatic rings. The molecule has 0 unspecified atom stereocenters. The molecule has 3 atom stereocenters. The highest BCUT2D eigenvalue weighted by Gasteiger charge is 2.49. The van der Waals surface area contributed by atoms with Crippen molar-refractivity contribution in [1.29, 1.82) is 5.41 Å². The second-order valence-electron chi connectivity index (χ2n) is 11.3. The van der Waals surface area contributed by atoms with Crippen LogP contribution in [0.25, 0.3) is 0 Å². The van der Waals surface area contributed by atoms with Gasteiger partial charge in [-0.05, 0) is 56.8 Å². The lowest BCUT2D eigenvalue weighted by atomic mass is 9.74. The number of guanidine groups is 1. The standard InChI is InChI=1S/C26H45N5O2/c1-31-23(32)26(30-24(31)27,16-15-19-9-4-2-5-10-19)18-20-11-8-14-22(17-20)29-25(33)28-21-12-6-3-7-13-21/h19-22H,2-18H2,1H3,(H2,27,30)(H2,28,29,33)/t20-,22+,26+/m0/s1. The van der Waals surface area contributed by atoms with E-state index >= 15 is 0 Å². The lowest BCUT2D eigenvalue weighted by Crippen LogP contribution is -2.51. The van der Waals surface area contributed by atoms with Gasteiger partial charge in [0.25, 0.3) is 5.91 Å². The molecule has 7 nitrogen and oxygen atoms in total. The third-order valence-electron chi connectivity index (χ3n) is 8.81. The summed E-state index contributed by atoms with van der Waals surface area (Å²) in [6.07, 6.45) is 19.2. The van der Waals surface area contributed by atoms with Gasteiger partial charge in [0.15, 0.2) is 5.96 Å². The van der Waals surface area contributed by atoms with Crippen molar-refractivity contribution in [2.45, 2.75) is 127 Å². The van der Waals surface area contributed by atoms with E-state index in [-0.39, 0.29) is 23.9 Å². The Kier molecular flexibility index (Phi) is 8.18. The minimum absolute atomic E-state index is 0.0175. The van der Waals surface area contributed by atoms with Crippen LogP contribution >= 0.6 is 0 Å². The van der Waals surface area contributed by atoms with Crippen molar-refractivity contribution in [2.24, 2.45) is 11.8 Å². The number of carbonyl (C=O) groups excluding carboxylic acids is 2. The molecule has 0 radical (unpaired) electrons. The van der Waals surface area contributed by atoms with E-state index in [1.807, 2.05) is 0 Å². The van der Waals surface area contributed by atoms with Gasteiger partial charge in [0.1, 0.15) is 5.54 Å². The summed E-state index contributed by atoms with van der Waals surface area (Å²) in [5.41, 5.74) is -0.639. The predicted molar refractivity (Wildman–Crippen MR) is 131 cm³/mol. The maximum atomic E-state index is 13.3. The fraction of sp³-hybridized carbons (Fsp3) is 0.885. The summed E-state index contributed by atoms with van der Waals surface area (Å²) in [5.74, 6) is 1.41. The minimum atomic E-state index is -0.639. The second kappa shape index (κ2) is 11.1.